The lowest BCUT2D eigenvalue weighted by Crippen LogP contribution is -2.39. The molecule has 3 atom stereocenters. The summed E-state index contributed by atoms with van der Waals surface area (Å²) in [7, 11) is 0. The van der Waals surface area contributed by atoms with Gasteiger partial charge in [-0.25, -0.2) is 0 Å². The van der Waals surface area contributed by atoms with Gasteiger partial charge in [-0.05, 0) is 16.7 Å². The van der Waals surface area contributed by atoms with Crippen molar-refractivity contribution in [3.8, 4) is 0 Å². The van der Waals surface area contributed by atoms with Crippen LogP contribution in [0.15, 0.2) is 91.0 Å². The smallest absolute Gasteiger partial charge is 0.246 e. The maximum Gasteiger partial charge on any atom is 0.246 e. The van der Waals surface area contributed by atoms with Crippen molar-refractivity contribution in [3.05, 3.63) is 108 Å². The molecule has 0 bridgehead atoms. The maximum absolute atomic E-state index is 11.0. The Morgan fingerprint density at radius 3 is 1.97 bits per heavy atom. The van der Waals surface area contributed by atoms with Gasteiger partial charge in [0.25, 0.3) is 0 Å². The van der Waals surface area contributed by atoms with Gasteiger partial charge in [0.2, 0.25) is 11.8 Å². The quantitative estimate of drug-likeness (QED) is 0.300. The fourth-order valence-electron chi connectivity index (χ4n) is 3.37. The molecule has 0 saturated carbocycles. The lowest BCUT2D eigenvalue weighted by atomic mass is 10.1. The number of morpholine rings is 1. The molecule has 1 aliphatic heterocycles. The van der Waals surface area contributed by atoms with Crippen LogP contribution in [0.2, 0.25) is 0 Å². The van der Waals surface area contributed by atoms with Crippen LogP contribution in [0, 0.1) is 0 Å². The number of aliphatic hydroxyl groups is 2. The Morgan fingerprint density at radius 1 is 0.946 bits per heavy atom. The lowest BCUT2D eigenvalue weighted by Gasteiger charge is -2.23. The minimum Gasteiger partial charge on any atom is -0.394 e. The van der Waals surface area contributed by atoms with Crippen LogP contribution < -0.4 is 16.4 Å². The molecule has 0 radical (unpaired) electrons. The fraction of sp³-hybridized carbons (Fsp3) is 0.286. The van der Waals surface area contributed by atoms with Crippen LogP contribution >= 0.6 is 11.6 Å². The molecule has 3 aromatic carbocycles. The minimum absolute atomic E-state index is 0.00398. The molecule has 1 saturated heterocycles. The molecule has 2 amide bonds. The number of benzene rings is 3. The van der Waals surface area contributed by atoms with E-state index in [9.17, 15) is 9.59 Å². The maximum atomic E-state index is 11.0. The van der Waals surface area contributed by atoms with Crippen molar-refractivity contribution in [1.82, 2.24) is 10.6 Å². The molecule has 0 aromatic heterocycles. The van der Waals surface area contributed by atoms with Gasteiger partial charge in [-0.15, -0.1) is 11.6 Å². The first-order valence-electron chi connectivity index (χ1n) is 11.8. The fourth-order valence-corrected chi connectivity index (χ4v) is 3.45. The van der Waals surface area contributed by atoms with Gasteiger partial charge in [0.15, 0.2) is 0 Å². The van der Waals surface area contributed by atoms with E-state index < -0.39 is 0 Å². The number of nitrogens with two attached hydrogens (primary N) is 1. The highest BCUT2D eigenvalue weighted by Gasteiger charge is 2.19. The second kappa shape index (κ2) is 17.2. The Balaban J connectivity index is 0.000000198. The van der Waals surface area contributed by atoms with Crippen molar-refractivity contribution in [2.24, 2.45) is 5.73 Å². The van der Waals surface area contributed by atoms with Crippen LogP contribution in [0.1, 0.15) is 34.8 Å². The molecule has 1 heterocycles. The molecular weight excluding hydrogens is 494 g/mol. The molecule has 1 fully saturated rings. The zero-order chi connectivity index (χ0) is 26.9. The monoisotopic (exact) mass is 527 g/mol. The molecule has 1 aliphatic rings. The van der Waals surface area contributed by atoms with Crippen LogP contribution in [0.25, 0.3) is 0 Å². The highest BCUT2D eigenvalue weighted by molar-refractivity contribution is 6.27. The van der Waals surface area contributed by atoms with Crippen molar-refractivity contribution in [2.45, 2.75) is 18.1 Å². The molecule has 3 unspecified atom stereocenters. The topological polar surface area (TPSA) is 134 Å². The third kappa shape index (κ3) is 11.1. The molecule has 198 valence electrons. The number of carbonyl (C=O) groups is 2. The normalized spacial score (nSPS) is 16.0. The van der Waals surface area contributed by atoms with Crippen molar-refractivity contribution >= 4 is 23.4 Å². The Bertz CT molecular complexity index is 1040. The third-order valence-electron chi connectivity index (χ3n) is 5.32. The number of alkyl halides is 1. The minimum atomic E-state index is -0.373. The van der Waals surface area contributed by atoms with Crippen molar-refractivity contribution < 1.29 is 24.5 Å². The molecule has 6 N–H and O–H groups in total. The van der Waals surface area contributed by atoms with E-state index >= 15 is 0 Å². The van der Waals surface area contributed by atoms with Crippen LogP contribution in [0.4, 0.5) is 0 Å². The average Bonchev–Trinajstić information content (AvgIpc) is 2.97. The zero-order valence-electron chi connectivity index (χ0n) is 20.5. The van der Waals surface area contributed by atoms with E-state index in [1.165, 1.54) is 0 Å². The number of aliphatic hydroxyl groups excluding tert-OH is 2. The summed E-state index contributed by atoms with van der Waals surface area (Å²) in [6, 6.07) is 28.1. The number of carbonyl (C=O) groups excluding carboxylic acids is 2. The summed E-state index contributed by atoms with van der Waals surface area (Å²) in [4.78, 5) is 22.0. The summed E-state index contributed by atoms with van der Waals surface area (Å²) in [5, 5.41) is 23.2. The number of amides is 2. The zero-order valence-corrected chi connectivity index (χ0v) is 21.3. The third-order valence-corrected chi connectivity index (χ3v) is 5.56. The van der Waals surface area contributed by atoms with Crippen molar-refractivity contribution in [3.63, 3.8) is 0 Å². The van der Waals surface area contributed by atoms with Gasteiger partial charge in [-0.2, -0.15) is 0 Å². The summed E-state index contributed by atoms with van der Waals surface area (Å²) >= 11 is 5.35. The highest BCUT2D eigenvalue weighted by Crippen LogP contribution is 2.15. The van der Waals surface area contributed by atoms with E-state index in [0.717, 1.165) is 16.7 Å². The molecule has 0 spiro atoms. The van der Waals surface area contributed by atoms with Crippen LogP contribution in [-0.4, -0.2) is 54.3 Å². The van der Waals surface area contributed by atoms with E-state index in [-0.39, 0.29) is 55.6 Å². The van der Waals surface area contributed by atoms with Crippen molar-refractivity contribution in [1.29, 1.82) is 0 Å². The predicted octanol–water partition coefficient (Wildman–Crippen LogP) is 2.63. The van der Waals surface area contributed by atoms with E-state index in [1.54, 1.807) is 0 Å². The van der Waals surface area contributed by atoms with E-state index in [4.69, 9.17) is 32.3 Å². The summed E-state index contributed by atoms with van der Waals surface area (Å²) in [6.07, 6.45) is 0. The standard InChI is InChI=1S/C10H12ClNO2.C10H11NO2.C8H11NO/c11-6-10(14)12-9(7-13)8-4-2-1-3-5-8;12-10-7-13-6-9(11-10)8-4-2-1-3-5-8;9-8(6-10)7-4-2-1-3-5-7/h1-5,9,13H,6-7H2,(H,12,14);1-5,9H,6-7H2,(H,11,12);1-5,8,10H,6,9H2. The number of hydrogen-bond donors (Lipinski definition) is 5. The first-order chi connectivity index (χ1) is 18.0. The first kappa shape index (κ1) is 30.0. The molecular formula is C28H34ClN3O5. The van der Waals surface area contributed by atoms with Crippen LogP contribution in [-0.2, 0) is 14.3 Å². The van der Waals surface area contributed by atoms with Gasteiger partial charge >= 0.3 is 0 Å². The first-order valence-corrected chi connectivity index (χ1v) is 12.4. The van der Waals surface area contributed by atoms with Gasteiger partial charge in [0.1, 0.15) is 12.5 Å². The number of halogens is 1. The molecule has 0 aliphatic carbocycles. The van der Waals surface area contributed by atoms with E-state index in [2.05, 4.69) is 10.6 Å². The molecule has 8 nitrogen and oxygen atoms in total. The Morgan fingerprint density at radius 2 is 1.49 bits per heavy atom. The molecule has 3 aromatic rings. The Labute approximate surface area is 222 Å². The second-order valence-electron chi connectivity index (χ2n) is 8.09. The lowest BCUT2D eigenvalue weighted by molar-refractivity contribution is -0.131. The van der Waals surface area contributed by atoms with Gasteiger partial charge in [0.05, 0.1) is 37.9 Å². The molecule has 37 heavy (non-hydrogen) atoms. The van der Waals surface area contributed by atoms with E-state index in [1.807, 2.05) is 91.0 Å². The predicted molar refractivity (Wildman–Crippen MR) is 144 cm³/mol. The number of rotatable bonds is 7. The van der Waals surface area contributed by atoms with Gasteiger partial charge < -0.3 is 31.3 Å². The van der Waals surface area contributed by atoms with Gasteiger partial charge in [0, 0.05) is 0 Å². The average molecular weight is 528 g/mol. The van der Waals surface area contributed by atoms with Crippen molar-refractivity contribution in [2.75, 3.05) is 32.3 Å². The summed E-state index contributed by atoms with van der Waals surface area (Å²) in [6.45, 7) is 0.621. The molecule has 4 rings (SSSR count). The SMILES string of the molecule is NC(CO)c1ccccc1.O=C(CCl)NC(CO)c1ccccc1.O=C1COCC(c2ccccc2)N1. The molecule has 9 heteroatoms. The van der Waals surface area contributed by atoms with E-state index in [0.29, 0.717) is 6.61 Å². The van der Waals surface area contributed by atoms with Gasteiger partial charge in [-0.3, -0.25) is 9.59 Å². The number of hydrogen-bond acceptors (Lipinski definition) is 6. The van der Waals surface area contributed by atoms with Crippen LogP contribution in [0.3, 0.4) is 0 Å². The Hall–Kier alpha value is -3.27. The highest BCUT2D eigenvalue weighted by atomic mass is 35.5. The largest absolute Gasteiger partial charge is 0.394 e. The van der Waals surface area contributed by atoms with Gasteiger partial charge in [-0.1, -0.05) is 91.0 Å². The summed E-state index contributed by atoms with van der Waals surface area (Å²) < 4.78 is 5.14. The van der Waals surface area contributed by atoms with Crippen LogP contribution in [0.5, 0.6) is 0 Å². The Kier molecular flexibility index (Phi) is 14.0. The summed E-state index contributed by atoms with van der Waals surface area (Å²) in [5.74, 6) is -0.418. The number of ether oxygens (including phenoxy) is 1. The summed E-state index contributed by atoms with van der Waals surface area (Å²) in [5.41, 5.74) is 8.48. The number of nitrogens with one attached hydrogen (secondary N) is 2. The second-order valence-corrected chi connectivity index (χ2v) is 8.36.